The Bertz CT molecular complexity index is 1340. The Labute approximate surface area is 237 Å². The molecule has 2 bridgehead atoms. The molecule has 4 atom stereocenters. The number of ether oxygens (including phenoxy) is 3. The lowest BCUT2D eigenvalue weighted by Gasteiger charge is -2.34. The van der Waals surface area contributed by atoms with Gasteiger partial charge in [0.2, 0.25) is 0 Å². The lowest BCUT2D eigenvalue weighted by atomic mass is 9.95. The summed E-state index contributed by atoms with van der Waals surface area (Å²) in [5, 5.41) is 0.115. The van der Waals surface area contributed by atoms with Crippen LogP contribution in [0.25, 0.3) is 10.9 Å². The number of amides is 1. The number of alkyl halides is 1. The average Bonchev–Trinajstić information content (AvgIpc) is 3.50. The van der Waals surface area contributed by atoms with Crippen LogP contribution in [-0.2, 0) is 4.74 Å². The number of likely N-dealkylation sites (tertiary alicyclic amines) is 1. The first-order valence-electron chi connectivity index (χ1n) is 14.5. The molecule has 9 nitrogen and oxygen atoms in total. The Morgan fingerprint density at radius 3 is 2.71 bits per heavy atom. The van der Waals surface area contributed by atoms with E-state index in [1.54, 1.807) is 4.90 Å². The maximum Gasteiger partial charge on any atom is 0.410 e. The molecule has 2 unspecified atom stereocenters. The molecule has 12 heteroatoms. The van der Waals surface area contributed by atoms with Gasteiger partial charge in [0.15, 0.2) is 17.4 Å². The number of rotatable bonds is 5. The van der Waals surface area contributed by atoms with Gasteiger partial charge in [0.1, 0.15) is 29.7 Å². The minimum Gasteiger partial charge on any atom is -0.493 e. The number of carbonyl (C=O) groups is 1. The van der Waals surface area contributed by atoms with E-state index in [-0.39, 0.29) is 53.1 Å². The molecule has 224 valence electrons. The van der Waals surface area contributed by atoms with E-state index in [4.69, 9.17) is 19.2 Å². The molecule has 1 amide bonds. The van der Waals surface area contributed by atoms with Crippen LogP contribution in [0.1, 0.15) is 52.9 Å². The fourth-order valence-electron chi connectivity index (χ4n) is 7.13. The standard InChI is InChI=1S/C29H38F3N5O4/c1-28(2,3)41-27(38)37-13-17-6-9-35(15-19(37)10-17)25-22-23(20(31)11-21(32)24(22)39-4)33-26(34-25)40-16-29-7-5-8-36(29)14-18(30)12-29/h11,17-19H,5-10,12-16H2,1-4H3/t17?,18-,19?,29+/m1/s1. The van der Waals surface area contributed by atoms with Gasteiger partial charge in [0.05, 0.1) is 24.1 Å². The molecule has 0 saturated carbocycles. The van der Waals surface area contributed by atoms with Gasteiger partial charge in [-0.05, 0) is 58.9 Å². The molecule has 0 aliphatic carbocycles. The summed E-state index contributed by atoms with van der Waals surface area (Å²) in [5.74, 6) is -1.32. The molecule has 4 fully saturated rings. The van der Waals surface area contributed by atoms with E-state index in [1.165, 1.54) is 7.11 Å². The number of hydrogen-bond donors (Lipinski definition) is 0. The first-order valence-corrected chi connectivity index (χ1v) is 14.5. The average molecular weight is 578 g/mol. The lowest BCUT2D eigenvalue weighted by Crippen LogP contribution is -2.46. The van der Waals surface area contributed by atoms with E-state index < -0.39 is 28.9 Å². The fraction of sp³-hybridized carbons (Fsp3) is 0.690. The summed E-state index contributed by atoms with van der Waals surface area (Å²) in [6, 6.07) is 0.530. The molecule has 4 aliphatic rings. The SMILES string of the molecule is COc1c(F)cc(F)c2nc(OC[C@@]34CCCN3C[C@H](F)C4)nc(N3CCC4CC(C3)N(C(=O)OC(C)(C)C)C4)c12. The quantitative estimate of drug-likeness (QED) is 0.506. The summed E-state index contributed by atoms with van der Waals surface area (Å²) < 4.78 is 61.7. The molecule has 0 N–H and O–H groups in total. The molecule has 4 saturated heterocycles. The van der Waals surface area contributed by atoms with Crippen LogP contribution in [0.2, 0.25) is 0 Å². The van der Waals surface area contributed by atoms with Crippen molar-refractivity contribution in [2.24, 2.45) is 5.92 Å². The molecular formula is C29H38F3N5O4. The molecule has 4 aliphatic heterocycles. The molecule has 0 radical (unpaired) electrons. The highest BCUT2D eigenvalue weighted by atomic mass is 19.1. The van der Waals surface area contributed by atoms with Crippen molar-refractivity contribution in [1.82, 2.24) is 19.8 Å². The number of fused-ring (bicyclic) bond motifs is 4. The van der Waals surface area contributed by atoms with Gasteiger partial charge in [0, 0.05) is 38.7 Å². The van der Waals surface area contributed by atoms with E-state index in [9.17, 15) is 13.6 Å². The van der Waals surface area contributed by atoms with Gasteiger partial charge in [-0.2, -0.15) is 9.97 Å². The van der Waals surface area contributed by atoms with Crippen LogP contribution in [-0.4, -0.2) is 95.7 Å². The number of carbonyl (C=O) groups excluding carboxylic acids is 1. The normalized spacial score (nSPS) is 28.2. The van der Waals surface area contributed by atoms with E-state index in [2.05, 4.69) is 9.88 Å². The van der Waals surface area contributed by atoms with Crippen LogP contribution in [0.15, 0.2) is 6.07 Å². The number of anilines is 1. The van der Waals surface area contributed by atoms with Crippen LogP contribution < -0.4 is 14.4 Å². The van der Waals surface area contributed by atoms with Crippen molar-refractivity contribution >= 4 is 22.8 Å². The van der Waals surface area contributed by atoms with Gasteiger partial charge in [-0.25, -0.2) is 18.0 Å². The summed E-state index contributed by atoms with van der Waals surface area (Å²) in [6.45, 7) is 8.42. The van der Waals surface area contributed by atoms with Gasteiger partial charge >= 0.3 is 12.1 Å². The predicted molar refractivity (Wildman–Crippen MR) is 146 cm³/mol. The molecule has 1 aromatic heterocycles. The second kappa shape index (κ2) is 10.4. The van der Waals surface area contributed by atoms with Gasteiger partial charge in [-0.15, -0.1) is 0 Å². The summed E-state index contributed by atoms with van der Waals surface area (Å²) in [7, 11) is 1.32. The maximum absolute atomic E-state index is 15.3. The fourth-order valence-corrected chi connectivity index (χ4v) is 7.13. The Hall–Kier alpha value is -3.02. The topological polar surface area (TPSA) is 80.3 Å². The van der Waals surface area contributed by atoms with Gasteiger partial charge in [-0.3, -0.25) is 4.90 Å². The van der Waals surface area contributed by atoms with Crippen molar-refractivity contribution in [2.45, 2.75) is 76.2 Å². The van der Waals surface area contributed by atoms with Crippen molar-refractivity contribution in [1.29, 1.82) is 0 Å². The Kier molecular flexibility index (Phi) is 7.10. The molecule has 1 aromatic carbocycles. The van der Waals surface area contributed by atoms with E-state index in [1.807, 2.05) is 25.7 Å². The van der Waals surface area contributed by atoms with Crippen molar-refractivity contribution in [3.8, 4) is 11.8 Å². The molecule has 0 spiro atoms. The number of nitrogens with zero attached hydrogens (tertiary/aromatic N) is 5. The number of halogens is 3. The van der Waals surface area contributed by atoms with Crippen molar-refractivity contribution in [3.05, 3.63) is 17.7 Å². The van der Waals surface area contributed by atoms with Crippen LogP contribution >= 0.6 is 0 Å². The first kappa shape index (κ1) is 28.1. The van der Waals surface area contributed by atoms with Crippen LogP contribution in [0.5, 0.6) is 11.8 Å². The number of hydrogen-bond acceptors (Lipinski definition) is 8. The van der Waals surface area contributed by atoms with Crippen LogP contribution in [0.3, 0.4) is 0 Å². The first-order chi connectivity index (χ1) is 19.5. The number of benzene rings is 1. The molecule has 41 heavy (non-hydrogen) atoms. The maximum atomic E-state index is 15.3. The number of aromatic nitrogens is 2. The zero-order valence-electron chi connectivity index (χ0n) is 24.1. The van der Waals surface area contributed by atoms with E-state index in [0.29, 0.717) is 32.6 Å². The summed E-state index contributed by atoms with van der Waals surface area (Å²) >= 11 is 0. The van der Waals surface area contributed by atoms with Crippen LogP contribution in [0.4, 0.5) is 23.8 Å². The van der Waals surface area contributed by atoms with Crippen molar-refractivity contribution in [2.75, 3.05) is 51.3 Å². The minimum atomic E-state index is -0.919. The number of methoxy groups -OCH3 is 1. The van der Waals surface area contributed by atoms with Gasteiger partial charge < -0.3 is 24.0 Å². The molecule has 2 aromatic rings. The second-order valence-electron chi connectivity index (χ2n) is 12.9. The van der Waals surface area contributed by atoms with E-state index >= 15 is 4.39 Å². The molecule has 5 heterocycles. The third kappa shape index (κ3) is 5.23. The third-order valence-corrected chi connectivity index (χ3v) is 8.90. The smallest absolute Gasteiger partial charge is 0.410 e. The molecule has 6 rings (SSSR count). The van der Waals surface area contributed by atoms with E-state index in [0.717, 1.165) is 38.3 Å². The Morgan fingerprint density at radius 1 is 1.15 bits per heavy atom. The van der Waals surface area contributed by atoms with Crippen molar-refractivity contribution in [3.63, 3.8) is 0 Å². The molecular weight excluding hydrogens is 539 g/mol. The highest BCUT2D eigenvalue weighted by molar-refractivity contribution is 5.96. The highest BCUT2D eigenvalue weighted by Gasteiger charge is 2.49. The zero-order valence-corrected chi connectivity index (χ0v) is 24.1. The summed E-state index contributed by atoms with van der Waals surface area (Å²) in [4.78, 5) is 27.9. The Morgan fingerprint density at radius 2 is 1.95 bits per heavy atom. The van der Waals surface area contributed by atoms with Crippen molar-refractivity contribution < 1.29 is 32.2 Å². The minimum absolute atomic E-state index is 0.0537. The monoisotopic (exact) mass is 577 g/mol. The predicted octanol–water partition coefficient (Wildman–Crippen LogP) is 4.71. The summed E-state index contributed by atoms with van der Waals surface area (Å²) in [6.07, 6.45) is 2.39. The largest absolute Gasteiger partial charge is 0.493 e. The highest BCUT2D eigenvalue weighted by Crippen LogP contribution is 2.42. The van der Waals surface area contributed by atoms with Gasteiger partial charge in [0.25, 0.3) is 0 Å². The lowest BCUT2D eigenvalue weighted by molar-refractivity contribution is 0.0221. The third-order valence-electron chi connectivity index (χ3n) is 8.90. The zero-order chi connectivity index (χ0) is 29.1. The van der Waals surface area contributed by atoms with Crippen LogP contribution in [0, 0.1) is 17.6 Å². The Balaban J connectivity index is 1.35. The van der Waals surface area contributed by atoms with Gasteiger partial charge in [-0.1, -0.05) is 0 Å². The second-order valence-corrected chi connectivity index (χ2v) is 12.9. The summed E-state index contributed by atoms with van der Waals surface area (Å²) in [5.41, 5.74) is -1.18.